The van der Waals surface area contributed by atoms with Crippen LogP contribution in [0.15, 0.2) is 29.3 Å². The fourth-order valence-electron chi connectivity index (χ4n) is 1.85. The van der Waals surface area contributed by atoms with Gasteiger partial charge in [0.1, 0.15) is 4.90 Å². The van der Waals surface area contributed by atoms with Crippen molar-refractivity contribution in [1.29, 1.82) is 0 Å². The van der Waals surface area contributed by atoms with Gasteiger partial charge in [0.25, 0.3) is 0 Å². The van der Waals surface area contributed by atoms with Crippen molar-refractivity contribution in [2.24, 2.45) is 0 Å². The number of hydrogen-bond acceptors (Lipinski definition) is 4. The highest BCUT2D eigenvalue weighted by atomic mass is 32.2. The number of H-pyrrole nitrogens is 1. The second-order valence-corrected chi connectivity index (χ2v) is 7.89. The maximum Gasteiger partial charge on any atom is 0.242 e. The molecule has 0 spiro atoms. The van der Waals surface area contributed by atoms with E-state index in [0.29, 0.717) is 28.1 Å². The number of nitrogens with one attached hydrogen (secondary N) is 2. The third-order valence-electron chi connectivity index (χ3n) is 2.90. The minimum atomic E-state index is -3.64. The molecular weight excluding hydrogens is 298 g/mol. The van der Waals surface area contributed by atoms with E-state index in [2.05, 4.69) is 9.71 Å². The molecule has 6 nitrogen and oxygen atoms in total. The smallest absolute Gasteiger partial charge is 0.242 e. The highest BCUT2D eigenvalue weighted by Crippen LogP contribution is 2.24. The third kappa shape index (κ3) is 3.20. The van der Waals surface area contributed by atoms with E-state index in [1.54, 1.807) is 25.1 Å². The summed E-state index contributed by atoms with van der Waals surface area (Å²) in [5.74, 6) is 0.825. The van der Waals surface area contributed by atoms with Crippen LogP contribution in [-0.2, 0) is 20.8 Å². The van der Waals surface area contributed by atoms with Crippen LogP contribution >= 0.6 is 0 Å². The average molecular weight is 315 g/mol. The van der Waals surface area contributed by atoms with E-state index in [1.165, 1.54) is 6.20 Å². The van der Waals surface area contributed by atoms with Gasteiger partial charge in [0.05, 0.1) is 0 Å². The Labute approximate surface area is 120 Å². The Kier molecular flexibility index (Phi) is 4.46. The van der Waals surface area contributed by atoms with Crippen LogP contribution in [0.2, 0.25) is 0 Å². The van der Waals surface area contributed by atoms with Gasteiger partial charge in [-0.3, -0.25) is 4.21 Å². The molecule has 0 amide bonds. The summed E-state index contributed by atoms with van der Waals surface area (Å²) in [5, 5.41) is 0.550. The van der Waals surface area contributed by atoms with Crippen LogP contribution in [0, 0.1) is 0 Å². The number of sulfonamides is 1. The van der Waals surface area contributed by atoms with Crippen LogP contribution < -0.4 is 10.5 Å². The van der Waals surface area contributed by atoms with E-state index in [-0.39, 0.29) is 11.4 Å². The van der Waals surface area contributed by atoms with Crippen molar-refractivity contribution in [3.8, 4) is 0 Å². The summed E-state index contributed by atoms with van der Waals surface area (Å²) in [7, 11) is -4.63. The number of nitrogen functional groups attached to an aromatic ring is 1. The maximum atomic E-state index is 12.2. The molecule has 8 heteroatoms. The Hall–Kier alpha value is -1.38. The number of benzene rings is 1. The molecule has 1 atom stereocenters. The maximum absolute atomic E-state index is 12.2. The average Bonchev–Trinajstić information content (AvgIpc) is 2.81. The predicted octanol–water partition coefficient (Wildman–Crippen LogP) is 0.797. The molecule has 0 aliphatic heterocycles. The lowest BCUT2D eigenvalue weighted by Crippen LogP contribution is -2.28. The Bertz CT molecular complexity index is 737. The Morgan fingerprint density at radius 1 is 1.40 bits per heavy atom. The van der Waals surface area contributed by atoms with Gasteiger partial charge < -0.3 is 10.7 Å². The van der Waals surface area contributed by atoms with Gasteiger partial charge in [-0.2, -0.15) is 0 Å². The van der Waals surface area contributed by atoms with E-state index >= 15 is 0 Å². The van der Waals surface area contributed by atoms with E-state index in [4.69, 9.17) is 5.73 Å². The van der Waals surface area contributed by atoms with Gasteiger partial charge in [-0.25, -0.2) is 13.1 Å². The summed E-state index contributed by atoms with van der Waals surface area (Å²) in [6.07, 6.45) is 1.43. The normalized spacial score (nSPS) is 13.7. The topological polar surface area (TPSA) is 105 Å². The standard InChI is InChI=1S/C12H17N3O3S2/c1-2-19(16)6-5-15-20(17,18)12-8-14-11-4-3-9(13)7-10(11)12/h3-4,7-8,14-15H,2,5-6,13H2,1H3. The summed E-state index contributed by atoms with van der Waals surface area (Å²) in [5.41, 5.74) is 6.89. The van der Waals surface area contributed by atoms with Crippen LogP contribution in [0.5, 0.6) is 0 Å². The fourth-order valence-corrected chi connectivity index (χ4v) is 3.79. The zero-order valence-electron chi connectivity index (χ0n) is 11.0. The molecule has 2 rings (SSSR count). The number of fused-ring (bicyclic) bond motifs is 1. The van der Waals surface area contributed by atoms with Crippen LogP contribution in [0.3, 0.4) is 0 Å². The van der Waals surface area contributed by atoms with Crippen LogP contribution in [-0.4, -0.2) is 35.7 Å². The molecule has 0 aliphatic carbocycles. The fraction of sp³-hybridized carbons (Fsp3) is 0.333. The lowest BCUT2D eigenvalue weighted by molar-refractivity contribution is 0.585. The number of hydrogen-bond donors (Lipinski definition) is 3. The highest BCUT2D eigenvalue weighted by molar-refractivity contribution is 7.89. The van der Waals surface area contributed by atoms with Gasteiger partial charge >= 0.3 is 0 Å². The third-order valence-corrected chi connectivity index (χ3v) is 5.71. The number of nitrogens with two attached hydrogens (primary N) is 1. The molecule has 1 heterocycles. The molecule has 1 aromatic heterocycles. The quantitative estimate of drug-likeness (QED) is 0.686. The summed E-state index contributed by atoms with van der Waals surface area (Å²) >= 11 is 0. The van der Waals surface area contributed by atoms with Gasteiger partial charge in [-0.05, 0) is 18.2 Å². The molecular formula is C12H17N3O3S2. The van der Waals surface area contributed by atoms with Crippen LogP contribution in [0.1, 0.15) is 6.92 Å². The Balaban J connectivity index is 2.23. The van der Waals surface area contributed by atoms with E-state index < -0.39 is 20.8 Å². The Morgan fingerprint density at radius 3 is 2.85 bits per heavy atom. The van der Waals surface area contributed by atoms with Crippen molar-refractivity contribution in [2.45, 2.75) is 11.8 Å². The molecule has 1 unspecified atom stereocenters. The van der Waals surface area contributed by atoms with Crippen molar-refractivity contribution < 1.29 is 12.6 Å². The first kappa shape index (κ1) is 15.0. The van der Waals surface area contributed by atoms with Gasteiger partial charge in [0.2, 0.25) is 10.0 Å². The van der Waals surface area contributed by atoms with E-state index in [1.807, 2.05) is 0 Å². The molecule has 2 aromatic rings. The molecule has 0 saturated heterocycles. The number of anilines is 1. The van der Waals surface area contributed by atoms with E-state index in [9.17, 15) is 12.6 Å². The zero-order chi connectivity index (χ0) is 14.8. The molecule has 0 fully saturated rings. The first-order chi connectivity index (χ1) is 9.44. The first-order valence-electron chi connectivity index (χ1n) is 6.15. The number of aromatic nitrogens is 1. The summed E-state index contributed by atoms with van der Waals surface area (Å²) in [6, 6.07) is 5.05. The predicted molar refractivity (Wildman–Crippen MR) is 81.5 cm³/mol. The van der Waals surface area contributed by atoms with Gasteiger partial charge in [0.15, 0.2) is 0 Å². The molecule has 4 N–H and O–H groups in total. The highest BCUT2D eigenvalue weighted by Gasteiger charge is 2.18. The SMILES string of the molecule is CCS(=O)CCNS(=O)(=O)c1c[nH]c2ccc(N)cc12. The van der Waals surface area contributed by atoms with Crippen molar-refractivity contribution in [2.75, 3.05) is 23.8 Å². The van der Waals surface area contributed by atoms with Gasteiger partial charge in [-0.15, -0.1) is 0 Å². The van der Waals surface area contributed by atoms with Crippen molar-refractivity contribution >= 4 is 37.4 Å². The first-order valence-corrected chi connectivity index (χ1v) is 9.12. The van der Waals surface area contributed by atoms with Crippen molar-refractivity contribution in [1.82, 2.24) is 9.71 Å². The summed E-state index contributed by atoms with van der Waals surface area (Å²) in [6.45, 7) is 1.95. The minimum absolute atomic E-state index is 0.151. The van der Waals surface area contributed by atoms with Gasteiger partial charge in [0, 0.05) is 51.6 Å². The molecule has 0 aliphatic rings. The molecule has 0 bridgehead atoms. The minimum Gasteiger partial charge on any atom is -0.399 e. The molecule has 20 heavy (non-hydrogen) atoms. The monoisotopic (exact) mass is 315 g/mol. The molecule has 1 aromatic carbocycles. The number of aromatic amines is 1. The van der Waals surface area contributed by atoms with Crippen LogP contribution in [0.25, 0.3) is 10.9 Å². The largest absolute Gasteiger partial charge is 0.399 e. The second kappa shape index (κ2) is 5.94. The van der Waals surface area contributed by atoms with Crippen LogP contribution in [0.4, 0.5) is 5.69 Å². The molecule has 110 valence electrons. The van der Waals surface area contributed by atoms with E-state index in [0.717, 1.165) is 0 Å². The second-order valence-electron chi connectivity index (χ2n) is 4.29. The zero-order valence-corrected chi connectivity index (χ0v) is 12.7. The van der Waals surface area contributed by atoms with Gasteiger partial charge in [-0.1, -0.05) is 6.92 Å². The lowest BCUT2D eigenvalue weighted by atomic mass is 10.2. The van der Waals surface area contributed by atoms with Crippen molar-refractivity contribution in [3.63, 3.8) is 0 Å². The Morgan fingerprint density at radius 2 is 2.15 bits per heavy atom. The molecule has 0 saturated carbocycles. The molecule has 0 radical (unpaired) electrons. The summed E-state index contributed by atoms with van der Waals surface area (Å²) < 4.78 is 38.2. The lowest BCUT2D eigenvalue weighted by Gasteiger charge is -2.05. The number of rotatable bonds is 6. The summed E-state index contributed by atoms with van der Waals surface area (Å²) in [4.78, 5) is 3.05. The van der Waals surface area contributed by atoms with Crippen molar-refractivity contribution in [3.05, 3.63) is 24.4 Å².